The van der Waals surface area contributed by atoms with E-state index in [0.717, 1.165) is 22.6 Å². The van der Waals surface area contributed by atoms with Crippen LogP contribution in [0.4, 0.5) is 0 Å². The predicted octanol–water partition coefficient (Wildman–Crippen LogP) is 2.97. The highest BCUT2D eigenvalue weighted by atomic mass is 16.6. The fourth-order valence-corrected chi connectivity index (χ4v) is 2.31. The van der Waals surface area contributed by atoms with Crippen LogP contribution in [0, 0.1) is 6.92 Å². The van der Waals surface area contributed by atoms with Crippen LogP contribution in [0.5, 0.6) is 11.5 Å². The van der Waals surface area contributed by atoms with Crippen LogP contribution in [0.3, 0.4) is 0 Å². The molecular weight excluding hydrogens is 256 g/mol. The van der Waals surface area contributed by atoms with Gasteiger partial charge in [0.25, 0.3) is 0 Å². The maximum Gasteiger partial charge on any atom is 0.198 e. The number of oxazole rings is 1. The lowest BCUT2D eigenvalue weighted by Gasteiger charge is -2.18. The van der Waals surface area contributed by atoms with Crippen molar-refractivity contribution in [1.29, 1.82) is 0 Å². The number of benzene rings is 1. The smallest absolute Gasteiger partial charge is 0.198 e. The molecule has 5 nitrogen and oxygen atoms in total. The molecule has 1 aliphatic heterocycles. The number of aromatic nitrogens is 2. The van der Waals surface area contributed by atoms with E-state index in [2.05, 4.69) is 9.97 Å². The van der Waals surface area contributed by atoms with Gasteiger partial charge in [-0.15, -0.1) is 0 Å². The largest absolute Gasteiger partial charge is 0.486 e. The second-order valence-electron chi connectivity index (χ2n) is 4.64. The zero-order valence-electron chi connectivity index (χ0n) is 10.9. The molecule has 0 N–H and O–H groups in total. The molecule has 0 atom stereocenters. The van der Waals surface area contributed by atoms with Gasteiger partial charge in [-0.2, -0.15) is 4.98 Å². The van der Waals surface area contributed by atoms with Crippen LogP contribution in [0.15, 0.2) is 34.9 Å². The molecule has 2 aromatic heterocycles. The first-order valence-corrected chi connectivity index (χ1v) is 6.43. The van der Waals surface area contributed by atoms with Crippen molar-refractivity contribution in [2.24, 2.45) is 0 Å². The van der Waals surface area contributed by atoms with Gasteiger partial charge in [-0.25, -0.2) is 4.98 Å². The molecule has 0 fully saturated rings. The van der Waals surface area contributed by atoms with Crippen LogP contribution in [-0.2, 0) is 0 Å². The average Bonchev–Trinajstić information content (AvgIpc) is 2.85. The van der Waals surface area contributed by atoms with Gasteiger partial charge in [-0.1, -0.05) is 6.07 Å². The first-order chi connectivity index (χ1) is 9.79. The first-order valence-electron chi connectivity index (χ1n) is 6.43. The summed E-state index contributed by atoms with van der Waals surface area (Å²) < 4.78 is 16.6. The molecular formula is C15H12N2O3. The van der Waals surface area contributed by atoms with Crippen LogP contribution in [0.2, 0.25) is 0 Å². The molecule has 0 bridgehead atoms. The molecule has 1 aliphatic rings. The van der Waals surface area contributed by atoms with Crippen LogP contribution < -0.4 is 9.47 Å². The Hall–Kier alpha value is -2.56. The van der Waals surface area contributed by atoms with Gasteiger partial charge in [-0.3, -0.25) is 0 Å². The van der Waals surface area contributed by atoms with Crippen molar-refractivity contribution < 1.29 is 13.9 Å². The molecule has 4 rings (SSSR count). The SMILES string of the molecule is Cc1nc2ncc(-c3ccc4c(c3)OCCO4)cc2o1. The summed E-state index contributed by atoms with van der Waals surface area (Å²) >= 11 is 0. The summed E-state index contributed by atoms with van der Waals surface area (Å²) in [6.45, 7) is 2.98. The third-order valence-electron chi connectivity index (χ3n) is 3.23. The van der Waals surface area contributed by atoms with Crippen LogP contribution in [0.25, 0.3) is 22.4 Å². The van der Waals surface area contributed by atoms with E-state index in [1.165, 1.54) is 0 Å². The number of aryl methyl sites for hydroxylation is 1. The highest BCUT2D eigenvalue weighted by molar-refractivity contribution is 5.77. The molecule has 0 saturated heterocycles. The van der Waals surface area contributed by atoms with E-state index in [1.54, 1.807) is 6.20 Å². The topological polar surface area (TPSA) is 57.4 Å². The fraction of sp³-hybridized carbons (Fsp3) is 0.200. The molecule has 0 amide bonds. The normalized spacial score (nSPS) is 13.7. The number of hydrogen-bond acceptors (Lipinski definition) is 5. The van der Waals surface area contributed by atoms with Gasteiger partial charge in [0.15, 0.2) is 28.6 Å². The van der Waals surface area contributed by atoms with Crippen molar-refractivity contribution in [3.05, 3.63) is 36.4 Å². The van der Waals surface area contributed by atoms with Gasteiger partial charge in [-0.05, 0) is 23.8 Å². The number of rotatable bonds is 1. The molecule has 0 unspecified atom stereocenters. The van der Waals surface area contributed by atoms with Crippen LogP contribution in [0.1, 0.15) is 5.89 Å². The molecule has 3 heterocycles. The molecule has 3 aromatic rings. The Balaban J connectivity index is 1.81. The Morgan fingerprint density at radius 2 is 1.85 bits per heavy atom. The van der Waals surface area contributed by atoms with E-state index >= 15 is 0 Å². The van der Waals surface area contributed by atoms with Gasteiger partial charge in [0.2, 0.25) is 0 Å². The predicted molar refractivity (Wildman–Crippen MR) is 73.0 cm³/mol. The summed E-state index contributed by atoms with van der Waals surface area (Å²) in [6.07, 6.45) is 1.79. The van der Waals surface area contributed by atoms with Gasteiger partial charge < -0.3 is 13.9 Å². The molecule has 20 heavy (non-hydrogen) atoms. The van der Waals surface area contributed by atoms with Gasteiger partial charge >= 0.3 is 0 Å². The zero-order valence-corrected chi connectivity index (χ0v) is 10.9. The minimum Gasteiger partial charge on any atom is -0.486 e. The Bertz CT molecular complexity index is 795. The van der Waals surface area contributed by atoms with Crippen molar-refractivity contribution >= 4 is 11.2 Å². The highest BCUT2D eigenvalue weighted by Gasteiger charge is 2.13. The van der Waals surface area contributed by atoms with Crippen LogP contribution in [-0.4, -0.2) is 23.2 Å². The Morgan fingerprint density at radius 1 is 1.00 bits per heavy atom. The van der Waals surface area contributed by atoms with Gasteiger partial charge in [0.1, 0.15) is 13.2 Å². The van der Waals surface area contributed by atoms with Gasteiger partial charge in [0, 0.05) is 18.7 Å². The Labute approximate surface area is 115 Å². The molecule has 1 aromatic carbocycles. The van der Waals surface area contributed by atoms with Crippen molar-refractivity contribution in [1.82, 2.24) is 9.97 Å². The van der Waals surface area contributed by atoms with Crippen molar-refractivity contribution in [2.45, 2.75) is 6.92 Å². The summed E-state index contributed by atoms with van der Waals surface area (Å²) in [4.78, 5) is 8.51. The Morgan fingerprint density at radius 3 is 2.75 bits per heavy atom. The van der Waals surface area contributed by atoms with E-state index in [0.29, 0.717) is 30.3 Å². The van der Waals surface area contributed by atoms with Crippen molar-refractivity contribution in [3.63, 3.8) is 0 Å². The molecule has 0 aliphatic carbocycles. The third-order valence-corrected chi connectivity index (χ3v) is 3.23. The molecule has 0 radical (unpaired) electrons. The maximum absolute atomic E-state index is 5.60. The minimum atomic E-state index is 0.578. The zero-order chi connectivity index (χ0) is 13.5. The quantitative estimate of drug-likeness (QED) is 0.679. The van der Waals surface area contributed by atoms with E-state index in [4.69, 9.17) is 13.9 Å². The first kappa shape index (κ1) is 11.3. The number of nitrogens with zero attached hydrogens (tertiary/aromatic N) is 2. The van der Waals surface area contributed by atoms with Crippen LogP contribution >= 0.6 is 0 Å². The standard InChI is InChI=1S/C15H12N2O3/c1-9-17-15-14(20-9)7-11(8-16-15)10-2-3-12-13(6-10)19-5-4-18-12/h2-3,6-8H,4-5H2,1H3. The summed E-state index contributed by atoms with van der Waals surface area (Å²) in [5.74, 6) is 2.17. The van der Waals surface area contributed by atoms with Gasteiger partial charge in [0.05, 0.1) is 0 Å². The fourth-order valence-electron chi connectivity index (χ4n) is 2.31. The lowest BCUT2D eigenvalue weighted by molar-refractivity contribution is 0.171. The molecule has 0 spiro atoms. The van der Waals surface area contributed by atoms with E-state index in [9.17, 15) is 0 Å². The summed E-state index contributed by atoms with van der Waals surface area (Å²) in [5.41, 5.74) is 3.29. The summed E-state index contributed by atoms with van der Waals surface area (Å²) in [5, 5.41) is 0. The summed E-state index contributed by atoms with van der Waals surface area (Å²) in [6, 6.07) is 7.80. The number of hydrogen-bond donors (Lipinski definition) is 0. The number of pyridine rings is 1. The summed E-state index contributed by atoms with van der Waals surface area (Å²) in [7, 11) is 0. The molecule has 0 saturated carbocycles. The van der Waals surface area contributed by atoms with Crippen molar-refractivity contribution in [2.75, 3.05) is 13.2 Å². The number of fused-ring (bicyclic) bond motifs is 2. The average molecular weight is 268 g/mol. The second kappa shape index (κ2) is 4.23. The lowest BCUT2D eigenvalue weighted by Crippen LogP contribution is -2.15. The second-order valence-corrected chi connectivity index (χ2v) is 4.64. The maximum atomic E-state index is 5.60. The number of ether oxygens (including phenoxy) is 2. The molecule has 100 valence electrons. The molecule has 5 heteroatoms. The van der Waals surface area contributed by atoms with E-state index in [1.807, 2.05) is 31.2 Å². The third kappa shape index (κ3) is 1.79. The van der Waals surface area contributed by atoms with E-state index < -0.39 is 0 Å². The monoisotopic (exact) mass is 268 g/mol. The van der Waals surface area contributed by atoms with Crippen molar-refractivity contribution in [3.8, 4) is 22.6 Å². The minimum absolute atomic E-state index is 0.578. The highest BCUT2D eigenvalue weighted by Crippen LogP contribution is 2.34. The lowest BCUT2D eigenvalue weighted by atomic mass is 10.1. The van der Waals surface area contributed by atoms with E-state index in [-0.39, 0.29) is 0 Å². The Kier molecular flexibility index (Phi) is 2.39.